The maximum atomic E-state index is 12.1. The molecule has 0 aliphatic rings. The van der Waals surface area contributed by atoms with Gasteiger partial charge < -0.3 is 0 Å². The van der Waals surface area contributed by atoms with Crippen LogP contribution in [-0.2, 0) is 17.6 Å². The molecule has 2 heteroatoms. The Bertz CT molecular complexity index is 540. The molecule has 1 aromatic heterocycles. The van der Waals surface area contributed by atoms with Gasteiger partial charge >= 0.3 is 0 Å². The Morgan fingerprint density at radius 1 is 1.05 bits per heavy atom. The van der Waals surface area contributed by atoms with Crippen LogP contribution < -0.4 is 0 Å². The van der Waals surface area contributed by atoms with E-state index in [2.05, 4.69) is 31.0 Å². The Hall–Kier alpha value is -1.96. The van der Waals surface area contributed by atoms with E-state index in [1.165, 1.54) is 22.3 Å². The van der Waals surface area contributed by atoms with Crippen LogP contribution in [0.3, 0.4) is 0 Å². The van der Waals surface area contributed by atoms with E-state index in [-0.39, 0.29) is 0 Å². The predicted molar refractivity (Wildman–Crippen MR) is 77.2 cm³/mol. The van der Waals surface area contributed by atoms with Gasteiger partial charge in [-0.25, -0.2) is 0 Å². The van der Waals surface area contributed by atoms with Gasteiger partial charge in [0.1, 0.15) is 5.78 Å². The number of aromatic nitrogens is 1. The van der Waals surface area contributed by atoms with Crippen molar-refractivity contribution < 1.29 is 4.79 Å². The highest BCUT2D eigenvalue weighted by Crippen LogP contribution is 2.15. The van der Waals surface area contributed by atoms with Crippen molar-refractivity contribution in [1.29, 1.82) is 0 Å². The first-order valence-corrected chi connectivity index (χ1v) is 6.62. The first kappa shape index (κ1) is 13.5. The average molecular weight is 253 g/mol. The molecule has 0 unspecified atom stereocenters. The number of ketones is 1. The van der Waals surface area contributed by atoms with Gasteiger partial charge in [0, 0.05) is 25.2 Å². The fraction of sp³-hybridized carbons (Fsp3) is 0.294. The first-order chi connectivity index (χ1) is 9.16. The van der Waals surface area contributed by atoms with Gasteiger partial charge in [0.25, 0.3) is 0 Å². The number of benzene rings is 1. The second-order valence-electron chi connectivity index (χ2n) is 4.94. The average Bonchev–Trinajstić information content (AvgIpc) is 2.42. The second kappa shape index (κ2) is 6.28. The van der Waals surface area contributed by atoms with Crippen molar-refractivity contribution >= 4 is 5.78 Å². The third-order valence-corrected chi connectivity index (χ3v) is 3.46. The maximum Gasteiger partial charge on any atom is 0.137 e. The minimum Gasteiger partial charge on any atom is -0.299 e. The fourth-order valence-electron chi connectivity index (χ4n) is 2.25. The van der Waals surface area contributed by atoms with Gasteiger partial charge in [0.05, 0.1) is 0 Å². The molecule has 0 bridgehead atoms. The molecule has 2 aromatic rings. The summed E-state index contributed by atoms with van der Waals surface area (Å²) in [5.41, 5.74) is 4.77. The highest BCUT2D eigenvalue weighted by molar-refractivity contribution is 5.81. The molecule has 0 saturated carbocycles. The zero-order valence-electron chi connectivity index (χ0n) is 11.5. The lowest BCUT2D eigenvalue weighted by Crippen LogP contribution is -2.07. The largest absolute Gasteiger partial charge is 0.299 e. The number of hydrogen-bond donors (Lipinski definition) is 0. The van der Waals surface area contributed by atoms with E-state index in [0.29, 0.717) is 18.6 Å². The number of hydrogen-bond acceptors (Lipinski definition) is 2. The first-order valence-electron chi connectivity index (χ1n) is 6.62. The summed E-state index contributed by atoms with van der Waals surface area (Å²) in [5.74, 6) is 0.300. The molecule has 0 spiro atoms. The highest BCUT2D eigenvalue weighted by atomic mass is 16.1. The Labute approximate surface area is 114 Å². The van der Waals surface area contributed by atoms with Crippen molar-refractivity contribution in [2.45, 2.75) is 33.1 Å². The van der Waals surface area contributed by atoms with Crippen LogP contribution in [-0.4, -0.2) is 10.8 Å². The lowest BCUT2D eigenvalue weighted by atomic mass is 9.96. The van der Waals surface area contributed by atoms with Gasteiger partial charge in [0.15, 0.2) is 0 Å². The van der Waals surface area contributed by atoms with Crippen molar-refractivity contribution in [3.8, 4) is 0 Å². The Kier molecular flexibility index (Phi) is 4.45. The van der Waals surface area contributed by atoms with Crippen LogP contribution in [0.15, 0.2) is 42.7 Å². The van der Waals surface area contributed by atoms with E-state index in [1.807, 2.05) is 18.2 Å². The molecule has 0 amide bonds. The number of carbonyl (C=O) groups is 1. The number of carbonyl (C=O) groups excluding carboxylic acids is 1. The fourth-order valence-corrected chi connectivity index (χ4v) is 2.25. The van der Waals surface area contributed by atoms with Gasteiger partial charge in [-0.05, 0) is 54.7 Å². The van der Waals surface area contributed by atoms with Gasteiger partial charge in [0.2, 0.25) is 0 Å². The van der Waals surface area contributed by atoms with Gasteiger partial charge in [-0.15, -0.1) is 0 Å². The molecule has 2 nitrogen and oxygen atoms in total. The lowest BCUT2D eigenvalue weighted by Gasteiger charge is -2.08. The number of nitrogens with zero attached hydrogens (tertiary/aromatic N) is 1. The minimum atomic E-state index is 0.300. The smallest absolute Gasteiger partial charge is 0.137 e. The van der Waals surface area contributed by atoms with Gasteiger partial charge in [-0.3, -0.25) is 9.78 Å². The van der Waals surface area contributed by atoms with Crippen molar-refractivity contribution in [3.63, 3.8) is 0 Å². The van der Waals surface area contributed by atoms with Crippen molar-refractivity contribution in [3.05, 3.63) is 65.0 Å². The van der Waals surface area contributed by atoms with E-state index in [4.69, 9.17) is 0 Å². The van der Waals surface area contributed by atoms with Crippen LogP contribution >= 0.6 is 0 Å². The monoisotopic (exact) mass is 253 g/mol. The SMILES string of the molecule is Cc1cccc(C)c1CC(=O)CCc1ccncc1. The van der Waals surface area contributed by atoms with E-state index in [0.717, 1.165) is 6.42 Å². The van der Waals surface area contributed by atoms with Crippen LogP contribution in [0.4, 0.5) is 0 Å². The van der Waals surface area contributed by atoms with Crippen LogP contribution in [0.5, 0.6) is 0 Å². The summed E-state index contributed by atoms with van der Waals surface area (Å²) in [6.07, 6.45) is 5.48. The molecule has 0 aliphatic heterocycles. The molecule has 1 heterocycles. The summed E-state index contributed by atoms with van der Waals surface area (Å²) in [5, 5.41) is 0. The number of aryl methyl sites for hydroxylation is 3. The third-order valence-electron chi connectivity index (χ3n) is 3.46. The van der Waals surface area contributed by atoms with Crippen LogP contribution in [0.1, 0.15) is 28.7 Å². The minimum absolute atomic E-state index is 0.300. The van der Waals surface area contributed by atoms with Crippen molar-refractivity contribution in [1.82, 2.24) is 4.98 Å². The highest BCUT2D eigenvalue weighted by Gasteiger charge is 2.08. The molecular weight excluding hydrogens is 234 g/mol. The molecule has 98 valence electrons. The molecule has 1 aromatic carbocycles. The van der Waals surface area contributed by atoms with Crippen LogP contribution in [0.25, 0.3) is 0 Å². The zero-order valence-corrected chi connectivity index (χ0v) is 11.5. The quantitative estimate of drug-likeness (QED) is 0.817. The van der Waals surface area contributed by atoms with Crippen molar-refractivity contribution in [2.24, 2.45) is 0 Å². The zero-order chi connectivity index (χ0) is 13.7. The summed E-state index contributed by atoms with van der Waals surface area (Å²) in [4.78, 5) is 16.1. The Morgan fingerprint density at radius 3 is 2.32 bits per heavy atom. The number of rotatable bonds is 5. The third kappa shape index (κ3) is 3.75. The molecular formula is C17H19NO. The molecule has 0 saturated heterocycles. The molecule has 0 radical (unpaired) electrons. The predicted octanol–water partition coefficient (Wildman–Crippen LogP) is 3.44. The molecule has 19 heavy (non-hydrogen) atoms. The number of pyridine rings is 1. The molecule has 2 rings (SSSR count). The molecule has 0 N–H and O–H groups in total. The summed E-state index contributed by atoms with van der Waals surface area (Å²) < 4.78 is 0. The standard InChI is InChI=1S/C17H19NO/c1-13-4-3-5-14(2)17(13)12-16(19)7-6-15-8-10-18-11-9-15/h3-5,8-11H,6-7,12H2,1-2H3. The molecule has 0 fully saturated rings. The van der Waals surface area contributed by atoms with E-state index in [9.17, 15) is 4.79 Å². The lowest BCUT2D eigenvalue weighted by molar-refractivity contribution is -0.118. The summed E-state index contributed by atoms with van der Waals surface area (Å²) in [7, 11) is 0. The second-order valence-corrected chi connectivity index (χ2v) is 4.94. The number of Topliss-reactive ketones (excluding diaryl/α,β-unsaturated/α-hetero) is 1. The topological polar surface area (TPSA) is 30.0 Å². The van der Waals surface area contributed by atoms with E-state index >= 15 is 0 Å². The van der Waals surface area contributed by atoms with E-state index < -0.39 is 0 Å². The molecule has 0 aliphatic carbocycles. The van der Waals surface area contributed by atoms with Crippen molar-refractivity contribution in [2.75, 3.05) is 0 Å². The molecule has 0 atom stereocenters. The summed E-state index contributed by atoms with van der Waals surface area (Å²) >= 11 is 0. The van der Waals surface area contributed by atoms with Crippen LogP contribution in [0.2, 0.25) is 0 Å². The van der Waals surface area contributed by atoms with Gasteiger partial charge in [-0.2, -0.15) is 0 Å². The maximum absolute atomic E-state index is 12.1. The Balaban J connectivity index is 1.95. The van der Waals surface area contributed by atoms with E-state index in [1.54, 1.807) is 12.4 Å². The normalized spacial score (nSPS) is 10.4. The van der Waals surface area contributed by atoms with Crippen LogP contribution in [0, 0.1) is 13.8 Å². The Morgan fingerprint density at radius 2 is 1.68 bits per heavy atom. The van der Waals surface area contributed by atoms with Gasteiger partial charge in [-0.1, -0.05) is 18.2 Å². The summed E-state index contributed by atoms with van der Waals surface area (Å²) in [6, 6.07) is 10.1. The summed E-state index contributed by atoms with van der Waals surface area (Å²) in [6.45, 7) is 4.14.